The number of rotatable bonds is 8. The number of hydrogen-bond donors (Lipinski definition) is 1. The van der Waals surface area contributed by atoms with Crippen LogP contribution in [0.15, 0.2) is 79.0 Å². The molecule has 192 valence electrons. The van der Waals surface area contributed by atoms with E-state index in [1.807, 2.05) is 48.7 Å². The van der Waals surface area contributed by atoms with E-state index in [2.05, 4.69) is 27.0 Å². The van der Waals surface area contributed by atoms with Gasteiger partial charge in [-0.2, -0.15) is 0 Å². The molecule has 0 fully saturated rings. The summed E-state index contributed by atoms with van der Waals surface area (Å²) >= 11 is 5.92. The number of pyridine rings is 1. The van der Waals surface area contributed by atoms with Crippen molar-refractivity contribution in [2.75, 3.05) is 21.3 Å². The van der Waals surface area contributed by atoms with E-state index >= 15 is 0 Å². The third kappa shape index (κ3) is 4.88. The standard InChI is InChI=1S/C30H26ClN3O4/c1-36-27-15-22(16-28(37-2)30(27)38-3)34-25-7-5-4-6-23(25)24-14-21(32-18-26(24)34)17-33-29(35)13-10-19-8-11-20(31)12-9-19/h4-16,18H,17H2,1-3H3,(H,33,35)/b13-10+. The summed E-state index contributed by atoms with van der Waals surface area (Å²) in [6.45, 7) is 0.295. The van der Waals surface area contributed by atoms with E-state index in [0.29, 0.717) is 28.8 Å². The van der Waals surface area contributed by atoms with Crippen molar-refractivity contribution in [1.29, 1.82) is 0 Å². The molecule has 0 saturated carbocycles. The first kappa shape index (κ1) is 25.2. The summed E-state index contributed by atoms with van der Waals surface area (Å²) in [6, 6.07) is 21.2. The third-order valence-electron chi connectivity index (χ3n) is 6.26. The number of carbonyl (C=O) groups excluding carboxylic acids is 1. The van der Waals surface area contributed by atoms with Crippen LogP contribution in [0.25, 0.3) is 33.6 Å². The molecule has 5 aromatic rings. The fourth-order valence-electron chi connectivity index (χ4n) is 4.47. The molecule has 8 heteroatoms. The molecule has 1 amide bonds. The van der Waals surface area contributed by atoms with Crippen LogP contribution in [0.4, 0.5) is 0 Å². The minimum atomic E-state index is -0.207. The van der Waals surface area contributed by atoms with E-state index in [-0.39, 0.29) is 5.91 Å². The second-order valence-electron chi connectivity index (χ2n) is 8.53. The summed E-state index contributed by atoms with van der Waals surface area (Å²) in [4.78, 5) is 17.1. The van der Waals surface area contributed by atoms with Crippen molar-refractivity contribution in [2.24, 2.45) is 0 Å². The van der Waals surface area contributed by atoms with E-state index < -0.39 is 0 Å². The number of nitrogens with one attached hydrogen (secondary N) is 1. The summed E-state index contributed by atoms with van der Waals surface area (Å²) in [5.41, 5.74) is 4.41. The molecule has 0 aliphatic carbocycles. The van der Waals surface area contributed by atoms with E-state index in [4.69, 9.17) is 25.8 Å². The Morgan fingerprint density at radius 1 is 0.921 bits per heavy atom. The Morgan fingerprint density at radius 2 is 1.63 bits per heavy atom. The van der Waals surface area contributed by atoms with Gasteiger partial charge in [0.2, 0.25) is 11.7 Å². The van der Waals surface area contributed by atoms with Crippen LogP contribution in [0.3, 0.4) is 0 Å². The Kier molecular flexibility index (Phi) is 7.20. The second kappa shape index (κ2) is 10.9. The van der Waals surface area contributed by atoms with Crippen molar-refractivity contribution >= 4 is 45.4 Å². The fourth-order valence-corrected chi connectivity index (χ4v) is 4.59. The highest BCUT2D eigenvalue weighted by Crippen LogP contribution is 2.41. The summed E-state index contributed by atoms with van der Waals surface area (Å²) in [7, 11) is 4.78. The van der Waals surface area contributed by atoms with Crippen LogP contribution in [-0.2, 0) is 11.3 Å². The smallest absolute Gasteiger partial charge is 0.244 e. The van der Waals surface area contributed by atoms with Crippen molar-refractivity contribution in [3.05, 3.63) is 95.3 Å². The lowest BCUT2D eigenvalue weighted by atomic mass is 10.1. The summed E-state index contributed by atoms with van der Waals surface area (Å²) < 4.78 is 18.8. The van der Waals surface area contributed by atoms with Gasteiger partial charge in [0.15, 0.2) is 11.5 Å². The molecule has 0 aliphatic heterocycles. The predicted octanol–water partition coefficient (Wildman–Crippen LogP) is 6.19. The molecule has 38 heavy (non-hydrogen) atoms. The molecule has 3 aromatic carbocycles. The average molecular weight is 528 g/mol. The Labute approximate surface area is 225 Å². The first-order valence-corrected chi connectivity index (χ1v) is 12.3. The Hall–Kier alpha value is -4.49. The van der Waals surface area contributed by atoms with Crippen molar-refractivity contribution in [1.82, 2.24) is 14.9 Å². The van der Waals surface area contributed by atoms with Gasteiger partial charge in [0.05, 0.1) is 56.5 Å². The highest BCUT2D eigenvalue weighted by Gasteiger charge is 2.18. The number of carbonyl (C=O) groups is 1. The maximum absolute atomic E-state index is 12.4. The van der Waals surface area contributed by atoms with Crippen LogP contribution in [-0.4, -0.2) is 36.8 Å². The Balaban J connectivity index is 1.48. The lowest BCUT2D eigenvalue weighted by Crippen LogP contribution is -2.20. The fraction of sp³-hybridized carbons (Fsp3) is 0.133. The predicted molar refractivity (Wildman–Crippen MR) is 151 cm³/mol. The number of aromatic nitrogens is 2. The average Bonchev–Trinajstić information content (AvgIpc) is 3.28. The van der Waals surface area contributed by atoms with Crippen molar-refractivity contribution in [2.45, 2.75) is 6.54 Å². The van der Waals surface area contributed by atoms with Gasteiger partial charge in [0.25, 0.3) is 0 Å². The molecule has 5 rings (SSSR count). The number of hydrogen-bond acceptors (Lipinski definition) is 5. The van der Waals surface area contributed by atoms with Crippen LogP contribution in [0, 0.1) is 0 Å². The van der Waals surface area contributed by atoms with Crippen LogP contribution < -0.4 is 19.5 Å². The number of halogens is 1. The van der Waals surface area contributed by atoms with Gasteiger partial charge in [-0.25, -0.2) is 0 Å². The number of benzene rings is 3. The number of ether oxygens (including phenoxy) is 3. The number of para-hydroxylation sites is 1. The highest BCUT2D eigenvalue weighted by atomic mass is 35.5. The van der Waals surface area contributed by atoms with Crippen LogP contribution >= 0.6 is 11.6 Å². The van der Waals surface area contributed by atoms with Crippen molar-refractivity contribution < 1.29 is 19.0 Å². The van der Waals surface area contributed by atoms with Gasteiger partial charge in [-0.15, -0.1) is 0 Å². The largest absolute Gasteiger partial charge is 0.493 e. The zero-order valence-corrected chi connectivity index (χ0v) is 22.0. The van der Waals surface area contributed by atoms with Gasteiger partial charge in [-0.3, -0.25) is 9.78 Å². The number of methoxy groups -OCH3 is 3. The zero-order valence-electron chi connectivity index (χ0n) is 21.2. The van der Waals surface area contributed by atoms with Crippen LogP contribution in [0.5, 0.6) is 17.2 Å². The van der Waals surface area contributed by atoms with E-state index in [9.17, 15) is 4.79 Å². The molecule has 2 heterocycles. The summed E-state index contributed by atoms with van der Waals surface area (Å²) in [5, 5.41) is 5.64. The lowest BCUT2D eigenvalue weighted by Gasteiger charge is -2.16. The van der Waals surface area contributed by atoms with Gasteiger partial charge in [-0.1, -0.05) is 41.9 Å². The molecule has 0 radical (unpaired) electrons. The first-order valence-electron chi connectivity index (χ1n) is 11.9. The minimum absolute atomic E-state index is 0.207. The number of amides is 1. The van der Waals surface area contributed by atoms with E-state index in [0.717, 1.165) is 38.8 Å². The van der Waals surface area contributed by atoms with Gasteiger partial charge >= 0.3 is 0 Å². The number of fused-ring (bicyclic) bond motifs is 3. The molecule has 0 spiro atoms. The lowest BCUT2D eigenvalue weighted by molar-refractivity contribution is -0.116. The quantitative estimate of drug-likeness (QED) is 0.244. The Bertz CT molecular complexity index is 1630. The van der Waals surface area contributed by atoms with Gasteiger partial charge < -0.3 is 24.1 Å². The highest BCUT2D eigenvalue weighted by molar-refractivity contribution is 6.30. The normalized spacial score (nSPS) is 11.3. The molecule has 0 unspecified atom stereocenters. The van der Waals surface area contributed by atoms with Crippen molar-refractivity contribution in [3.63, 3.8) is 0 Å². The van der Waals surface area contributed by atoms with Gasteiger partial charge in [0, 0.05) is 34.0 Å². The van der Waals surface area contributed by atoms with Crippen LogP contribution in [0.2, 0.25) is 5.02 Å². The third-order valence-corrected chi connectivity index (χ3v) is 6.52. The van der Waals surface area contributed by atoms with Gasteiger partial charge in [0.1, 0.15) is 0 Å². The van der Waals surface area contributed by atoms with E-state index in [1.54, 1.807) is 39.5 Å². The molecule has 0 bridgehead atoms. The van der Waals surface area contributed by atoms with Crippen LogP contribution in [0.1, 0.15) is 11.3 Å². The maximum atomic E-state index is 12.4. The SMILES string of the molecule is COc1cc(-n2c3ccccc3c3cc(CNC(=O)/C=C/c4ccc(Cl)cc4)ncc32)cc(OC)c1OC. The maximum Gasteiger partial charge on any atom is 0.244 e. The summed E-state index contributed by atoms with van der Waals surface area (Å²) in [5.74, 6) is 1.45. The molecule has 0 atom stereocenters. The summed E-state index contributed by atoms with van der Waals surface area (Å²) in [6.07, 6.45) is 5.06. The Morgan fingerprint density at radius 3 is 2.32 bits per heavy atom. The van der Waals surface area contributed by atoms with Gasteiger partial charge in [-0.05, 0) is 35.9 Å². The molecule has 7 nitrogen and oxygen atoms in total. The zero-order chi connectivity index (χ0) is 26.6. The van der Waals surface area contributed by atoms with Crippen molar-refractivity contribution in [3.8, 4) is 22.9 Å². The monoisotopic (exact) mass is 527 g/mol. The number of nitrogens with zero attached hydrogens (tertiary/aromatic N) is 2. The molecule has 0 aliphatic rings. The molecule has 2 aromatic heterocycles. The second-order valence-corrected chi connectivity index (χ2v) is 8.97. The van der Waals surface area contributed by atoms with E-state index in [1.165, 1.54) is 6.08 Å². The minimum Gasteiger partial charge on any atom is -0.493 e. The topological polar surface area (TPSA) is 74.6 Å². The first-order chi connectivity index (χ1) is 18.5. The molecular weight excluding hydrogens is 502 g/mol. The molecular formula is C30H26ClN3O4. The molecule has 1 N–H and O–H groups in total. The molecule has 0 saturated heterocycles.